The van der Waals surface area contributed by atoms with Gasteiger partial charge < -0.3 is 14.8 Å². The summed E-state index contributed by atoms with van der Waals surface area (Å²) in [6, 6.07) is 5.57. The zero-order chi connectivity index (χ0) is 18.2. The van der Waals surface area contributed by atoms with E-state index in [9.17, 15) is 19.7 Å². The van der Waals surface area contributed by atoms with Gasteiger partial charge in [-0.05, 0) is 26.0 Å². The van der Waals surface area contributed by atoms with E-state index in [1.54, 1.807) is 0 Å². The number of rotatable bonds is 3. The fourth-order valence-corrected chi connectivity index (χ4v) is 3.66. The summed E-state index contributed by atoms with van der Waals surface area (Å²) in [5.74, 6) is -1.32. The van der Waals surface area contributed by atoms with E-state index in [-0.39, 0.29) is 24.0 Å². The summed E-state index contributed by atoms with van der Waals surface area (Å²) in [5, 5.41) is 13.4. The number of esters is 1. The minimum Gasteiger partial charge on any atom is -0.458 e. The Balaban J connectivity index is 1.78. The van der Waals surface area contributed by atoms with Crippen LogP contribution in [0.4, 0.5) is 11.4 Å². The Morgan fingerprint density at radius 2 is 2.00 bits per heavy atom. The molecule has 2 saturated heterocycles. The van der Waals surface area contributed by atoms with Crippen LogP contribution in [0, 0.1) is 16.0 Å². The van der Waals surface area contributed by atoms with Gasteiger partial charge in [0.05, 0.1) is 29.5 Å². The molecule has 2 fully saturated rings. The fraction of sp³-hybridized carbons (Fsp3) is 0.529. The first-order valence-electron chi connectivity index (χ1n) is 8.12. The van der Waals surface area contributed by atoms with Crippen molar-refractivity contribution >= 4 is 23.3 Å². The second-order valence-corrected chi connectivity index (χ2v) is 7.12. The van der Waals surface area contributed by atoms with E-state index in [4.69, 9.17) is 9.47 Å². The molecule has 0 aromatic heterocycles. The Morgan fingerprint density at radius 1 is 1.32 bits per heavy atom. The number of nitrogens with one attached hydrogen (secondary N) is 1. The molecule has 0 bridgehead atoms. The summed E-state index contributed by atoms with van der Waals surface area (Å²) in [6.07, 6.45) is 0.944. The number of ether oxygens (including phenoxy) is 2. The number of non-ortho nitro benzene ring substituents is 1. The SMILES string of the molecule is CC1(C)C[C@]2(CCO1)OC(=O)C[C@@H]2C(=O)Nc1ccc([N+](=O)[O-])cc1. The number of amides is 1. The highest BCUT2D eigenvalue weighted by atomic mass is 16.6. The molecule has 134 valence electrons. The van der Waals surface area contributed by atoms with Crippen molar-refractivity contribution in [2.24, 2.45) is 5.92 Å². The molecule has 1 aromatic rings. The van der Waals surface area contributed by atoms with Gasteiger partial charge in [-0.15, -0.1) is 0 Å². The van der Waals surface area contributed by atoms with E-state index >= 15 is 0 Å². The molecule has 1 amide bonds. The Bertz CT molecular complexity index is 714. The van der Waals surface area contributed by atoms with Crippen molar-refractivity contribution in [3.8, 4) is 0 Å². The van der Waals surface area contributed by atoms with Crippen molar-refractivity contribution in [2.45, 2.75) is 44.3 Å². The van der Waals surface area contributed by atoms with E-state index in [0.29, 0.717) is 25.1 Å². The van der Waals surface area contributed by atoms with Crippen molar-refractivity contribution in [3.63, 3.8) is 0 Å². The quantitative estimate of drug-likeness (QED) is 0.510. The highest BCUT2D eigenvalue weighted by molar-refractivity contribution is 5.97. The lowest BCUT2D eigenvalue weighted by atomic mass is 9.75. The van der Waals surface area contributed by atoms with Gasteiger partial charge in [-0.3, -0.25) is 19.7 Å². The van der Waals surface area contributed by atoms with Crippen LogP contribution in [0.25, 0.3) is 0 Å². The maximum atomic E-state index is 12.7. The van der Waals surface area contributed by atoms with E-state index in [2.05, 4.69) is 5.32 Å². The van der Waals surface area contributed by atoms with E-state index in [1.807, 2.05) is 13.8 Å². The number of carbonyl (C=O) groups is 2. The number of nitro groups is 1. The molecule has 1 N–H and O–H groups in total. The topological polar surface area (TPSA) is 108 Å². The molecular weight excluding hydrogens is 328 g/mol. The van der Waals surface area contributed by atoms with Gasteiger partial charge in [0.2, 0.25) is 5.91 Å². The molecule has 2 heterocycles. The zero-order valence-electron chi connectivity index (χ0n) is 14.1. The first kappa shape index (κ1) is 17.3. The van der Waals surface area contributed by atoms with Crippen LogP contribution in [-0.2, 0) is 19.1 Å². The summed E-state index contributed by atoms with van der Waals surface area (Å²) < 4.78 is 11.3. The molecule has 2 aliphatic rings. The molecule has 1 aromatic carbocycles. The average molecular weight is 348 g/mol. The fourth-order valence-electron chi connectivity index (χ4n) is 3.66. The van der Waals surface area contributed by atoms with Crippen LogP contribution < -0.4 is 5.32 Å². The average Bonchev–Trinajstić information content (AvgIpc) is 2.82. The van der Waals surface area contributed by atoms with E-state index < -0.39 is 22.0 Å². The molecule has 0 saturated carbocycles. The van der Waals surface area contributed by atoms with Gasteiger partial charge in [-0.25, -0.2) is 0 Å². The standard InChI is InChI=1S/C17H20N2O6/c1-16(2)10-17(7-8-24-16)13(9-14(20)25-17)15(21)18-11-3-5-12(6-4-11)19(22)23/h3-6,13H,7-10H2,1-2H3,(H,18,21)/t13-,17+/m1/s1. The molecular formula is C17H20N2O6. The highest BCUT2D eigenvalue weighted by Gasteiger charge is 2.56. The number of hydrogen-bond donors (Lipinski definition) is 1. The first-order chi connectivity index (χ1) is 11.7. The van der Waals surface area contributed by atoms with Gasteiger partial charge in [-0.1, -0.05) is 0 Å². The Hall–Kier alpha value is -2.48. The van der Waals surface area contributed by atoms with Crippen molar-refractivity contribution in [2.75, 3.05) is 11.9 Å². The summed E-state index contributed by atoms with van der Waals surface area (Å²) in [7, 11) is 0. The molecule has 0 radical (unpaired) electrons. The lowest BCUT2D eigenvalue weighted by molar-refractivity contribution is -0.384. The van der Waals surface area contributed by atoms with Crippen molar-refractivity contribution < 1.29 is 24.0 Å². The zero-order valence-corrected chi connectivity index (χ0v) is 14.1. The molecule has 0 aliphatic carbocycles. The lowest BCUT2D eigenvalue weighted by Crippen LogP contribution is -2.52. The normalized spacial score (nSPS) is 27.8. The Labute approximate surface area is 144 Å². The van der Waals surface area contributed by atoms with Gasteiger partial charge in [0.1, 0.15) is 5.60 Å². The maximum Gasteiger partial charge on any atom is 0.307 e. The van der Waals surface area contributed by atoms with Gasteiger partial charge in [0.15, 0.2) is 0 Å². The smallest absolute Gasteiger partial charge is 0.307 e. The van der Waals surface area contributed by atoms with Crippen LogP contribution in [0.5, 0.6) is 0 Å². The van der Waals surface area contributed by atoms with Crippen LogP contribution in [0.2, 0.25) is 0 Å². The van der Waals surface area contributed by atoms with E-state index in [1.165, 1.54) is 24.3 Å². The van der Waals surface area contributed by atoms with Gasteiger partial charge >= 0.3 is 5.97 Å². The largest absolute Gasteiger partial charge is 0.458 e. The van der Waals surface area contributed by atoms with Crippen LogP contribution >= 0.6 is 0 Å². The van der Waals surface area contributed by atoms with Gasteiger partial charge in [0.25, 0.3) is 5.69 Å². The van der Waals surface area contributed by atoms with E-state index in [0.717, 1.165) is 0 Å². The minimum atomic E-state index is -0.857. The third-order valence-corrected chi connectivity index (χ3v) is 4.73. The van der Waals surface area contributed by atoms with Gasteiger partial charge in [0, 0.05) is 30.7 Å². The highest BCUT2D eigenvalue weighted by Crippen LogP contribution is 2.46. The predicted octanol–water partition coefficient (Wildman–Crippen LogP) is 2.42. The molecule has 2 atom stereocenters. The summed E-state index contributed by atoms with van der Waals surface area (Å²) in [5.41, 5.74) is -0.949. The third-order valence-electron chi connectivity index (χ3n) is 4.73. The number of hydrogen-bond acceptors (Lipinski definition) is 6. The molecule has 2 aliphatic heterocycles. The summed E-state index contributed by atoms with van der Waals surface area (Å²) >= 11 is 0. The third kappa shape index (κ3) is 3.48. The minimum absolute atomic E-state index is 0.0227. The molecule has 1 spiro atoms. The predicted molar refractivity (Wildman–Crippen MR) is 87.9 cm³/mol. The summed E-state index contributed by atoms with van der Waals surface area (Å²) in [4.78, 5) is 34.8. The Kier molecular flexibility index (Phi) is 4.24. The second-order valence-electron chi connectivity index (χ2n) is 7.12. The molecule has 3 rings (SSSR count). The second kappa shape index (κ2) is 6.11. The van der Waals surface area contributed by atoms with Crippen LogP contribution in [0.3, 0.4) is 0 Å². The van der Waals surface area contributed by atoms with Crippen LogP contribution in [0.15, 0.2) is 24.3 Å². The molecule has 8 heteroatoms. The van der Waals surface area contributed by atoms with Crippen molar-refractivity contribution in [3.05, 3.63) is 34.4 Å². The number of nitrogens with zero attached hydrogens (tertiary/aromatic N) is 1. The van der Waals surface area contributed by atoms with Crippen molar-refractivity contribution in [1.29, 1.82) is 0 Å². The number of nitro benzene ring substituents is 1. The number of benzene rings is 1. The first-order valence-corrected chi connectivity index (χ1v) is 8.12. The molecule has 0 unspecified atom stereocenters. The Morgan fingerprint density at radius 3 is 2.60 bits per heavy atom. The number of anilines is 1. The van der Waals surface area contributed by atoms with Gasteiger partial charge in [-0.2, -0.15) is 0 Å². The maximum absolute atomic E-state index is 12.7. The monoisotopic (exact) mass is 348 g/mol. The number of carbonyl (C=O) groups excluding carboxylic acids is 2. The van der Waals surface area contributed by atoms with Crippen molar-refractivity contribution in [1.82, 2.24) is 0 Å². The van der Waals surface area contributed by atoms with Crippen LogP contribution in [0.1, 0.15) is 33.1 Å². The summed E-state index contributed by atoms with van der Waals surface area (Å²) in [6.45, 7) is 4.23. The molecule has 8 nitrogen and oxygen atoms in total. The molecule has 25 heavy (non-hydrogen) atoms. The lowest BCUT2D eigenvalue weighted by Gasteiger charge is -2.43. The van der Waals surface area contributed by atoms with Crippen LogP contribution in [-0.4, -0.2) is 34.6 Å².